The van der Waals surface area contributed by atoms with Gasteiger partial charge < -0.3 is 0 Å². The minimum absolute atomic E-state index is 0.0637. The Morgan fingerprint density at radius 2 is 2.11 bits per heavy atom. The highest BCUT2D eigenvalue weighted by atomic mass is 32.2. The Morgan fingerprint density at radius 3 is 2.84 bits per heavy atom. The van der Waals surface area contributed by atoms with Gasteiger partial charge in [0.2, 0.25) is 0 Å². The quantitative estimate of drug-likeness (QED) is 0.940. The van der Waals surface area contributed by atoms with E-state index in [-0.39, 0.29) is 9.99 Å². The average Bonchev–Trinajstić information content (AvgIpc) is 3.00. The van der Waals surface area contributed by atoms with E-state index in [9.17, 15) is 13.2 Å². The van der Waals surface area contributed by atoms with E-state index >= 15 is 0 Å². The van der Waals surface area contributed by atoms with Crippen LogP contribution in [0.25, 0.3) is 0 Å². The Labute approximate surface area is 114 Å². The summed E-state index contributed by atoms with van der Waals surface area (Å²) in [5.41, 5.74) is 3.46. The van der Waals surface area contributed by atoms with Gasteiger partial charge in [0.15, 0.2) is 9.99 Å². The number of Topliss-reactive ketones (excluding diaryl/α,β-unsaturated/α-hetero) is 1. The Kier molecular flexibility index (Phi) is 2.87. The number of carbonyl (C=O) groups excluding carboxylic acids is 1. The summed E-state index contributed by atoms with van der Waals surface area (Å²) in [6.07, 6.45) is 2.53. The van der Waals surface area contributed by atoms with Crippen LogP contribution in [0.3, 0.4) is 0 Å². The molecule has 98 valence electrons. The first-order valence-corrected chi connectivity index (χ1v) is 8.00. The first kappa shape index (κ1) is 12.3. The van der Waals surface area contributed by atoms with Crippen molar-refractivity contribution in [3.8, 4) is 0 Å². The smallest absolute Gasteiger partial charge is 0.273 e. The molecule has 0 fully saturated rings. The number of aromatic nitrogens is 1. The van der Waals surface area contributed by atoms with Gasteiger partial charge in [0.05, 0.1) is 11.7 Å². The lowest BCUT2D eigenvalue weighted by Gasteiger charge is -2.07. The van der Waals surface area contributed by atoms with Crippen molar-refractivity contribution in [3.63, 3.8) is 0 Å². The molecule has 1 heterocycles. The predicted molar refractivity (Wildman–Crippen MR) is 72.0 cm³/mol. The van der Waals surface area contributed by atoms with Gasteiger partial charge in [-0.05, 0) is 24.1 Å². The van der Waals surface area contributed by atoms with Gasteiger partial charge in [0.1, 0.15) is 0 Å². The summed E-state index contributed by atoms with van der Waals surface area (Å²) in [4.78, 5) is 15.4. The van der Waals surface area contributed by atoms with Crippen LogP contribution in [-0.2, 0) is 16.4 Å². The van der Waals surface area contributed by atoms with Crippen molar-refractivity contribution in [2.45, 2.75) is 17.1 Å². The van der Waals surface area contributed by atoms with Gasteiger partial charge in [-0.15, -0.1) is 11.3 Å². The minimum atomic E-state index is -3.61. The fourth-order valence-corrected chi connectivity index (χ4v) is 3.89. The lowest BCUT2D eigenvalue weighted by atomic mass is 10.1. The molecule has 19 heavy (non-hydrogen) atoms. The molecule has 1 aliphatic rings. The van der Waals surface area contributed by atoms with E-state index in [0.717, 1.165) is 23.3 Å². The van der Waals surface area contributed by atoms with E-state index in [1.165, 1.54) is 11.7 Å². The Balaban J connectivity index is 1.93. The maximum atomic E-state index is 12.0. The SMILES string of the molecule is O=C1CCc2ccc(NS(=O)(=O)c3cncs3)cc21. The van der Waals surface area contributed by atoms with Gasteiger partial charge in [0.25, 0.3) is 10.0 Å². The number of anilines is 1. The number of sulfonamides is 1. The standard InChI is InChI=1S/C12H10N2O3S2/c15-11-4-2-8-1-3-9(5-10(8)11)14-19(16,17)12-6-13-7-18-12/h1,3,5-7,14H,2,4H2. The van der Waals surface area contributed by atoms with Crippen LogP contribution in [0, 0.1) is 0 Å². The van der Waals surface area contributed by atoms with Gasteiger partial charge in [0, 0.05) is 17.7 Å². The molecule has 5 nitrogen and oxygen atoms in total. The second-order valence-electron chi connectivity index (χ2n) is 4.22. The van der Waals surface area contributed by atoms with E-state index in [1.807, 2.05) is 0 Å². The molecule has 1 aliphatic carbocycles. The summed E-state index contributed by atoms with van der Waals surface area (Å²) in [5, 5.41) is 0. The fraction of sp³-hybridized carbons (Fsp3) is 0.167. The highest BCUT2D eigenvalue weighted by Gasteiger charge is 2.21. The van der Waals surface area contributed by atoms with Crippen molar-refractivity contribution < 1.29 is 13.2 Å². The van der Waals surface area contributed by atoms with E-state index in [1.54, 1.807) is 18.2 Å². The maximum Gasteiger partial charge on any atom is 0.273 e. The summed E-state index contributed by atoms with van der Waals surface area (Å²) >= 11 is 1.05. The van der Waals surface area contributed by atoms with Crippen molar-refractivity contribution in [1.29, 1.82) is 0 Å². The molecule has 1 aromatic carbocycles. The molecule has 0 saturated carbocycles. The summed E-state index contributed by atoms with van der Waals surface area (Å²) < 4.78 is 26.7. The number of rotatable bonds is 3. The highest BCUT2D eigenvalue weighted by Crippen LogP contribution is 2.26. The highest BCUT2D eigenvalue weighted by molar-refractivity contribution is 7.94. The molecule has 0 atom stereocenters. The summed E-state index contributed by atoms with van der Waals surface area (Å²) in [6.45, 7) is 0. The van der Waals surface area contributed by atoms with Crippen molar-refractivity contribution >= 4 is 32.8 Å². The van der Waals surface area contributed by atoms with E-state index in [0.29, 0.717) is 17.7 Å². The average molecular weight is 294 g/mol. The number of aryl methyl sites for hydroxylation is 1. The van der Waals surface area contributed by atoms with E-state index in [2.05, 4.69) is 9.71 Å². The van der Waals surface area contributed by atoms with Gasteiger partial charge in [-0.2, -0.15) is 0 Å². The van der Waals surface area contributed by atoms with Crippen LogP contribution in [0.15, 0.2) is 34.1 Å². The number of fused-ring (bicyclic) bond motifs is 1. The van der Waals surface area contributed by atoms with Crippen LogP contribution in [0.5, 0.6) is 0 Å². The number of nitrogens with zero attached hydrogens (tertiary/aromatic N) is 1. The lowest BCUT2D eigenvalue weighted by molar-refractivity contribution is 0.0994. The molecule has 0 unspecified atom stereocenters. The molecule has 0 saturated heterocycles. The molecule has 0 amide bonds. The zero-order chi connectivity index (χ0) is 13.5. The van der Waals surface area contributed by atoms with Crippen LogP contribution in [-0.4, -0.2) is 19.2 Å². The van der Waals surface area contributed by atoms with Gasteiger partial charge >= 0.3 is 0 Å². The number of hydrogen-bond donors (Lipinski definition) is 1. The number of benzene rings is 1. The van der Waals surface area contributed by atoms with E-state index in [4.69, 9.17) is 0 Å². The molecule has 3 rings (SSSR count). The Bertz CT molecular complexity index is 736. The van der Waals surface area contributed by atoms with Gasteiger partial charge in [-0.3, -0.25) is 14.5 Å². The molecule has 2 aromatic rings. The molecular formula is C12H10N2O3S2. The second-order valence-corrected chi connectivity index (χ2v) is 7.02. The molecule has 0 aliphatic heterocycles. The molecule has 1 aromatic heterocycles. The van der Waals surface area contributed by atoms with Gasteiger partial charge in [-0.25, -0.2) is 8.42 Å². The van der Waals surface area contributed by atoms with Gasteiger partial charge in [-0.1, -0.05) is 6.07 Å². The summed E-state index contributed by atoms with van der Waals surface area (Å²) in [7, 11) is -3.61. The first-order valence-electron chi connectivity index (χ1n) is 5.64. The molecule has 0 bridgehead atoms. The molecular weight excluding hydrogens is 284 g/mol. The van der Waals surface area contributed by atoms with E-state index < -0.39 is 10.0 Å². The Morgan fingerprint density at radius 1 is 1.26 bits per heavy atom. The number of nitrogens with one attached hydrogen (secondary N) is 1. The second kappa shape index (κ2) is 4.43. The van der Waals surface area contributed by atoms with Crippen molar-refractivity contribution in [2.24, 2.45) is 0 Å². The van der Waals surface area contributed by atoms with Crippen molar-refractivity contribution in [3.05, 3.63) is 41.0 Å². The third kappa shape index (κ3) is 2.26. The van der Waals surface area contributed by atoms with Crippen LogP contribution < -0.4 is 4.72 Å². The molecule has 0 radical (unpaired) electrons. The van der Waals surface area contributed by atoms with Crippen LogP contribution in [0.1, 0.15) is 22.3 Å². The minimum Gasteiger partial charge on any atom is -0.294 e. The number of ketones is 1. The first-order chi connectivity index (χ1) is 9.06. The fourth-order valence-electron chi connectivity index (χ4n) is 2.04. The third-order valence-electron chi connectivity index (χ3n) is 2.96. The van der Waals surface area contributed by atoms with Crippen LogP contribution in [0.4, 0.5) is 5.69 Å². The van der Waals surface area contributed by atoms with Crippen LogP contribution in [0.2, 0.25) is 0 Å². The van der Waals surface area contributed by atoms with Crippen molar-refractivity contribution in [2.75, 3.05) is 4.72 Å². The summed E-state index contributed by atoms with van der Waals surface area (Å²) in [6, 6.07) is 5.07. The zero-order valence-electron chi connectivity index (χ0n) is 9.79. The molecule has 0 spiro atoms. The molecule has 1 N–H and O–H groups in total. The predicted octanol–water partition coefficient (Wildman–Crippen LogP) is 2.07. The number of thiazole rings is 1. The number of hydrogen-bond acceptors (Lipinski definition) is 5. The molecule has 7 heteroatoms. The number of carbonyl (C=O) groups is 1. The largest absolute Gasteiger partial charge is 0.294 e. The normalized spacial score (nSPS) is 14.4. The maximum absolute atomic E-state index is 12.0. The van der Waals surface area contributed by atoms with Crippen LogP contribution >= 0.6 is 11.3 Å². The monoisotopic (exact) mass is 294 g/mol. The zero-order valence-corrected chi connectivity index (χ0v) is 11.4. The summed E-state index contributed by atoms with van der Waals surface area (Å²) in [5.74, 6) is 0.0637. The lowest BCUT2D eigenvalue weighted by Crippen LogP contribution is -2.11. The van der Waals surface area contributed by atoms with Crippen molar-refractivity contribution in [1.82, 2.24) is 4.98 Å². The Hall–Kier alpha value is -1.73. The third-order valence-corrected chi connectivity index (χ3v) is 5.61. The topological polar surface area (TPSA) is 76.1 Å².